The Morgan fingerprint density at radius 2 is 1.73 bits per heavy atom. The second kappa shape index (κ2) is 8.73. The highest BCUT2D eigenvalue weighted by molar-refractivity contribution is 5.98. The monoisotopic (exact) mass is 402 g/mol. The molecule has 1 amide bonds. The highest BCUT2D eigenvalue weighted by Crippen LogP contribution is 2.26. The molecule has 0 aliphatic rings. The fraction of sp³-hybridized carbons (Fsp3) is 0.360. The van der Waals surface area contributed by atoms with Crippen LogP contribution in [-0.4, -0.2) is 47.9 Å². The van der Waals surface area contributed by atoms with Crippen molar-refractivity contribution in [1.82, 2.24) is 14.8 Å². The number of hydrogen-bond donors (Lipinski definition) is 1. The molecule has 30 heavy (non-hydrogen) atoms. The Labute approximate surface area is 178 Å². The maximum Gasteiger partial charge on any atom is 0.270 e. The first-order valence-corrected chi connectivity index (χ1v) is 10.2. The number of hydrogen-bond acceptors (Lipinski definition) is 3. The van der Waals surface area contributed by atoms with Gasteiger partial charge in [0, 0.05) is 30.5 Å². The van der Waals surface area contributed by atoms with Crippen molar-refractivity contribution in [2.45, 2.75) is 32.7 Å². The van der Waals surface area contributed by atoms with Gasteiger partial charge in [-0.1, -0.05) is 45.0 Å². The summed E-state index contributed by atoms with van der Waals surface area (Å²) in [5.41, 5.74) is 4.50. The smallest absolute Gasteiger partial charge is 0.270 e. The van der Waals surface area contributed by atoms with Crippen LogP contribution in [0.5, 0.6) is 0 Å². The fourth-order valence-electron chi connectivity index (χ4n) is 3.36. The maximum absolute atomic E-state index is 13.4. The highest BCUT2D eigenvalue weighted by Gasteiger charge is 2.20. The first kappa shape index (κ1) is 21.6. The van der Waals surface area contributed by atoms with E-state index < -0.39 is 0 Å². The van der Waals surface area contributed by atoms with Crippen LogP contribution < -0.4 is 0 Å². The molecule has 0 aliphatic heterocycles. The second-order valence-electron chi connectivity index (χ2n) is 9.07. The fourth-order valence-corrected chi connectivity index (χ4v) is 3.36. The van der Waals surface area contributed by atoms with Gasteiger partial charge in [-0.3, -0.25) is 4.79 Å². The highest BCUT2D eigenvalue weighted by atomic mass is 16.2. The van der Waals surface area contributed by atoms with Crippen LogP contribution in [0.2, 0.25) is 0 Å². The Balaban J connectivity index is 1.88. The summed E-state index contributed by atoms with van der Waals surface area (Å²) in [6.07, 6.45) is 0. The number of aromatic nitrogens is 1. The third-order valence-electron chi connectivity index (χ3n) is 5.28. The van der Waals surface area contributed by atoms with Crippen LogP contribution in [0.1, 0.15) is 48.0 Å². The molecule has 2 aromatic carbocycles. The van der Waals surface area contributed by atoms with Gasteiger partial charge in [0.05, 0.1) is 11.6 Å². The molecule has 0 saturated carbocycles. The summed E-state index contributed by atoms with van der Waals surface area (Å²) in [5.74, 6) is -0.0188. The summed E-state index contributed by atoms with van der Waals surface area (Å²) in [6, 6.07) is 17.8. The predicted octanol–water partition coefficient (Wildman–Crippen LogP) is 4.54. The number of nitriles is 1. The van der Waals surface area contributed by atoms with E-state index in [9.17, 15) is 4.79 Å². The van der Waals surface area contributed by atoms with Crippen molar-refractivity contribution in [2.24, 2.45) is 0 Å². The number of rotatable bonds is 6. The Kier molecular flexibility index (Phi) is 6.28. The van der Waals surface area contributed by atoms with E-state index in [1.807, 2.05) is 37.2 Å². The van der Waals surface area contributed by atoms with Gasteiger partial charge in [0.1, 0.15) is 5.69 Å². The molecule has 3 rings (SSSR count). The Bertz CT molecular complexity index is 1070. The molecule has 0 unspecified atom stereocenters. The molecule has 156 valence electrons. The molecule has 1 N–H and O–H groups in total. The van der Waals surface area contributed by atoms with Crippen LogP contribution in [0.4, 0.5) is 0 Å². The lowest BCUT2D eigenvalue weighted by atomic mass is 9.87. The van der Waals surface area contributed by atoms with Gasteiger partial charge in [-0.05, 0) is 54.9 Å². The number of benzene rings is 2. The van der Waals surface area contributed by atoms with Gasteiger partial charge < -0.3 is 14.8 Å². The summed E-state index contributed by atoms with van der Waals surface area (Å²) in [6.45, 7) is 8.45. The zero-order valence-corrected chi connectivity index (χ0v) is 18.5. The number of amides is 1. The number of H-pyrrole nitrogens is 1. The molecule has 5 nitrogen and oxygen atoms in total. The number of fused-ring (bicyclic) bond motifs is 1. The van der Waals surface area contributed by atoms with Crippen LogP contribution in [0.25, 0.3) is 10.9 Å². The molecule has 0 atom stereocenters. The van der Waals surface area contributed by atoms with E-state index in [2.05, 4.69) is 54.9 Å². The molecule has 0 aliphatic carbocycles. The van der Waals surface area contributed by atoms with E-state index in [-0.39, 0.29) is 11.3 Å². The summed E-state index contributed by atoms with van der Waals surface area (Å²) < 4.78 is 0. The van der Waals surface area contributed by atoms with E-state index in [0.29, 0.717) is 24.3 Å². The van der Waals surface area contributed by atoms with Crippen molar-refractivity contribution in [3.63, 3.8) is 0 Å². The van der Waals surface area contributed by atoms with Crippen LogP contribution in [0.3, 0.4) is 0 Å². The molecule has 1 heterocycles. The van der Waals surface area contributed by atoms with Gasteiger partial charge in [-0.25, -0.2) is 0 Å². The molecule has 0 bridgehead atoms. The number of nitrogens with zero attached hydrogens (tertiary/aromatic N) is 3. The summed E-state index contributed by atoms with van der Waals surface area (Å²) in [5, 5.41) is 10.0. The van der Waals surface area contributed by atoms with E-state index >= 15 is 0 Å². The lowest BCUT2D eigenvalue weighted by Gasteiger charge is -2.24. The Morgan fingerprint density at radius 3 is 2.33 bits per heavy atom. The Hall–Kier alpha value is -3.10. The minimum atomic E-state index is -0.0188. The van der Waals surface area contributed by atoms with Crippen LogP contribution >= 0.6 is 0 Å². The van der Waals surface area contributed by atoms with Gasteiger partial charge in [0.25, 0.3) is 5.91 Å². The molecule has 1 aromatic heterocycles. The zero-order chi connectivity index (χ0) is 21.9. The van der Waals surface area contributed by atoms with E-state index in [0.717, 1.165) is 23.0 Å². The van der Waals surface area contributed by atoms with Crippen molar-refractivity contribution < 1.29 is 4.79 Å². The molecule has 0 radical (unpaired) electrons. The van der Waals surface area contributed by atoms with Gasteiger partial charge in [0.15, 0.2) is 0 Å². The average Bonchev–Trinajstić information content (AvgIpc) is 3.13. The number of nitrogens with one attached hydrogen (secondary N) is 1. The van der Waals surface area contributed by atoms with E-state index in [4.69, 9.17) is 5.26 Å². The van der Waals surface area contributed by atoms with Gasteiger partial charge in [-0.2, -0.15) is 5.26 Å². The maximum atomic E-state index is 13.4. The van der Waals surface area contributed by atoms with Crippen molar-refractivity contribution in [3.05, 3.63) is 70.9 Å². The largest absolute Gasteiger partial charge is 0.351 e. The molecule has 0 fully saturated rings. The molecule has 3 aromatic rings. The van der Waals surface area contributed by atoms with Gasteiger partial charge in [-0.15, -0.1) is 0 Å². The van der Waals surface area contributed by atoms with Crippen LogP contribution in [0, 0.1) is 11.3 Å². The second-order valence-corrected chi connectivity index (χ2v) is 9.07. The lowest BCUT2D eigenvalue weighted by Crippen LogP contribution is -2.36. The minimum Gasteiger partial charge on any atom is -0.351 e. The van der Waals surface area contributed by atoms with E-state index in [1.54, 1.807) is 12.1 Å². The minimum absolute atomic E-state index is 0.0188. The molecular formula is C25H30N4O. The third kappa shape index (κ3) is 5.08. The predicted molar refractivity (Wildman–Crippen MR) is 121 cm³/mol. The number of aromatic amines is 1. The Morgan fingerprint density at radius 1 is 1.03 bits per heavy atom. The number of carbonyl (C=O) groups excluding carboxylic acids is 1. The normalized spacial score (nSPS) is 11.6. The van der Waals surface area contributed by atoms with Gasteiger partial charge >= 0.3 is 0 Å². The van der Waals surface area contributed by atoms with Crippen molar-refractivity contribution in [1.29, 1.82) is 5.26 Å². The standard InChI is InChI=1S/C25H30N4O/c1-25(2,3)21-11-10-20-14-23(27-22(20)15-21)24(30)29(13-12-28(4)5)17-19-8-6-18(16-26)7-9-19/h6-11,14-15,27H,12-13,17H2,1-5H3. The molecule has 5 heteroatoms. The average molecular weight is 403 g/mol. The van der Waals surface area contributed by atoms with Crippen LogP contribution in [0.15, 0.2) is 48.5 Å². The molecular weight excluding hydrogens is 372 g/mol. The van der Waals surface area contributed by atoms with Crippen molar-refractivity contribution in [3.8, 4) is 6.07 Å². The lowest BCUT2D eigenvalue weighted by molar-refractivity contribution is 0.0727. The van der Waals surface area contributed by atoms with Crippen molar-refractivity contribution in [2.75, 3.05) is 27.2 Å². The first-order chi connectivity index (χ1) is 14.2. The summed E-state index contributed by atoms with van der Waals surface area (Å²) in [4.78, 5) is 20.6. The third-order valence-corrected chi connectivity index (χ3v) is 5.28. The SMILES string of the molecule is CN(C)CCN(Cc1ccc(C#N)cc1)C(=O)c1cc2ccc(C(C)(C)C)cc2[nH]1. The van der Waals surface area contributed by atoms with E-state index in [1.165, 1.54) is 5.56 Å². The summed E-state index contributed by atoms with van der Waals surface area (Å²) >= 11 is 0. The number of carbonyl (C=O) groups is 1. The topological polar surface area (TPSA) is 63.1 Å². The van der Waals surface area contributed by atoms with Gasteiger partial charge in [0.2, 0.25) is 0 Å². The zero-order valence-electron chi connectivity index (χ0n) is 18.5. The van der Waals surface area contributed by atoms with Crippen LogP contribution in [-0.2, 0) is 12.0 Å². The molecule has 0 saturated heterocycles. The number of likely N-dealkylation sites (N-methyl/N-ethyl adjacent to an activating group) is 1. The molecule has 0 spiro atoms. The quantitative estimate of drug-likeness (QED) is 0.658. The first-order valence-electron chi connectivity index (χ1n) is 10.2. The summed E-state index contributed by atoms with van der Waals surface area (Å²) in [7, 11) is 4.00. The van der Waals surface area contributed by atoms with Crippen molar-refractivity contribution >= 4 is 16.8 Å².